The molecule has 0 spiro atoms. The summed E-state index contributed by atoms with van der Waals surface area (Å²) < 4.78 is 5.59. The highest BCUT2D eigenvalue weighted by Gasteiger charge is 2.09. The lowest BCUT2D eigenvalue weighted by atomic mass is 10.0. The summed E-state index contributed by atoms with van der Waals surface area (Å²) >= 11 is 3.12. The van der Waals surface area contributed by atoms with E-state index in [9.17, 15) is 9.90 Å². The van der Waals surface area contributed by atoms with E-state index in [0.717, 1.165) is 10.8 Å². The SMILES string of the molecule is O=C(NN=Cc1c(O)ccc2ccccc12)c1ccc(Br)o1. The van der Waals surface area contributed by atoms with E-state index in [1.54, 1.807) is 12.1 Å². The van der Waals surface area contributed by atoms with Crippen LogP contribution in [0.15, 0.2) is 62.7 Å². The summed E-state index contributed by atoms with van der Waals surface area (Å²) in [6.45, 7) is 0. The van der Waals surface area contributed by atoms with Crippen LogP contribution in [0.3, 0.4) is 0 Å². The highest BCUT2D eigenvalue weighted by molar-refractivity contribution is 9.10. The van der Waals surface area contributed by atoms with Gasteiger partial charge in [0.1, 0.15) is 5.75 Å². The van der Waals surface area contributed by atoms with Crippen LogP contribution in [0.2, 0.25) is 0 Å². The number of rotatable bonds is 3. The van der Waals surface area contributed by atoms with Gasteiger partial charge in [0.05, 0.1) is 6.21 Å². The number of furan rings is 1. The number of amides is 1. The fourth-order valence-corrected chi connectivity index (χ4v) is 2.37. The second-order valence-electron chi connectivity index (χ2n) is 4.52. The van der Waals surface area contributed by atoms with Gasteiger partial charge in [0.25, 0.3) is 0 Å². The van der Waals surface area contributed by atoms with Gasteiger partial charge >= 0.3 is 5.91 Å². The molecule has 2 N–H and O–H groups in total. The smallest absolute Gasteiger partial charge is 0.307 e. The average Bonchev–Trinajstić information content (AvgIpc) is 2.96. The van der Waals surface area contributed by atoms with Crippen LogP contribution in [-0.4, -0.2) is 17.2 Å². The third-order valence-corrected chi connectivity index (χ3v) is 3.53. The van der Waals surface area contributed by atoms with E-state index in [4.69, 9.17) is 4.42 Å². The zero-order valence-electron chi connectivity index (χ0n) is 11.3. The number of carbonyl (C=O) groups excluding carboxylic acids is 1. The van der Waals surface area contributed by atoms with E-state index in [-0.39, 0.29) is 11.5 Å². The highest BCUT2D eigenvalue weighted by Crippen LogP contribution is 2.25. The highest BCUT2D eigenvalue weighted by atomic mass is 79.9. The Bertz CT molecular complexity index is 871. The van der Waals surface area contributed by atoms with Gasteiger partial charge in [-0.1, -0.05) is 30.3 Å². The fourth-order valence-electron chi connectivity index (χ4n) is 2.07. The standard InChI is InChI=1S/C16H11BrN2O3/c17-15-8-7-14(22-15)16(21)19-18-9-12-11-4-2-1-3-10(11)5-6-13(12)20/h1-9,20H,(H,19,21). The molecule has 0 bridgehead atoms. The van der Waals surface area contributed by atoms with E-state index in [1.807, 2.05) is 30.3 Å². The van der Waals surface area contributed by atoms with Crippen LogP contribution in [0, 0.1) is 0 Å². The summed E-state index contributed by atoms with van der Waals surface area (Å²) in [5.41, 5.74) is 2.90. The van der Waals surface area contributed by atoms with Gasteiger partial charge in [-0.3, -0.25) is 4.79 Å². The zero-order valence-corrected chi connectivity index (χ0v) is 12.9. The number of carbonyl (C=O) groups is 1. The molecule has 0 aliphatic carbocycles. The average molecular weight is 359 g/mol. The van der Waals surface area contributed by atoms with Gasteiger partial charge in [0.15, 0.2) is 10.4 Å². The predicted octanol–water partition coefficient (Wildman–Crippen LogP) is 3.66. The van der Waals surface area contributed by atoms with Crippen molar-refractivity contribution in [2.24, 2.45) is 5.10 Å². The van der Waals surface area contributed by atoms with Crippen molar-refractivity contribution in [1.29, 1.82) is 0 Å². The zero-order chi connectivity index (χ0) is 15.5. The van der Waals surface area contributed by atoms with Gasteiger partial charge < -0.3 is 9.52 Å². The van der Waals surface area contributed by atoms with E-state index in [1.165, 1.54) is 12.3 Å². The van der Waals surface area contributed by atoms with Crippen molar-refractivity contribution in [3.63, 3.8) is 0 Å². The first-order valence-electron chi connectivity index (χ1n) is 6.44. The predicted molar refractivity (Wildman–Crippen MR) is 87.1 cm³/mol. The number of phenolic OH excluding ortho intramolecular Hbond substituents is 1. The number of benzene rings is 2. The van der Waals surface area contributed by atoms with Gasteiger partial charge in [-0.2, -0.15) is 5.10 Å². The van der Waals surface area contributed by atoms with Crippen molar-refractivity contribution < 1.29 is 14.3 Å². The summed E-state index contributed by atoms with van der Waals surface area (Å²) in [4.78, 5) is 11.8. The lowest BCUT2D eigenvalue weighted by molar-refractivity contribution is 0.0926. The Balaban J connectivity index is 1.84. The van der Waals surface area contributed by atoms with Gasteiger partial charge in [0, 0.05) is 5.56 Å². The van der Waals surface area contributed by atoms with E-state index in [2.05, 4.69) is 26.5 Å². The van der Waals surface area contributed by atoms with Crippen molar-refractivity contribution >= 4 is 38.8 Å². The van der Waals surface area contributed by atoms with Crippen molar-refractivity contribution in [3.8, 4) is 5.75 Å². The molecular weight excluding hydrogens is 348 g/mol. The Labute approximate surface area is 134 Å². The molecule has 0 aliphatic rings. The number of hydrazone groups is 1. The number of hydrogen-bond acceptors (Lipinski definition) is 4. The summed E-state index contributed by atoms with van der Waals surface area (Å²) in [5.74, 6) is -0.231. The molecule has 6 heteroatoms. The molecule has 1 amide bonds. The largest absolute Gasteiger partial charge is 0.507 e. The summed E-state index contributed by atoms with van der Waals surface area (Å²) in [6, 6.07) is 14.2. The van der Waals surface area contributed by atoms with Gasteiger partial charge in [-0.15, -0.1) is 0 Å². The summed E-state index contributed by atoms with van der Waals surface area (Å²) in [5, 5.41) is 15.7. The van der Waals surface area contributed by atoms with Crippen LogP contribution in [0.25, 0.3) is 10.8 Å². The maximum absolute atomic E-state index is 11.8. The van der Waals surface area contributed by atoms with Crippen LogP contribution in [0.5, 0.6) is 5.75 Å². The summed E-state index contributed by atoms with van der Waals surface area (Å²) in [7, 11) is 0. The Morgan fingerprint density at radius 3 is 2.77 bits per heavy atom. The maximum atomic E-state index is 11.8. The number of nitrogens with zero attached hydrogens (tertiary/aromatic N) is 1. The normalized spacial score (nSPS) is 11.1. The monoisotopic (exact) mass is 358 g/mol. The van der Waals surface area contributed by atoms with E-state index >= 15 is 0 Å². The second-order valence-corrected chi connectivity index (χ2v) is 5.30. The molecule has 2 aromatic carbocycles. The molecular formula is C16H11BrN2O3. The van der Waals surface area contributed by atoms with Crippen LogP contribution in [0.4, 0.5) is 0 Å². The number of fused-ring (bicyclic) bond motifs is 1. The third-order valence-electron chi connectivity index (χ3n) is 3.10. The fraction of sp³-hybridized carbons (Fsp3) is 0. The number of phenols is 1. The van der Waals surface area contributed by atoms with Crippen LogP contribution in [-0.2, 0) is 0 Å². The molecule has 3 rings (SSSR count). The molecule has 0 fully saturated rings. The number of hydrogen-bond donors (Lipinski definition) is 2. The molecule has 3 aromatic rings. The first-order valence-corrected chi connectivity index (χ1v) is 7.24. The molecule has 1 aromatic heterocycles. The number of aromatic hydroxyl groups is 1. The molecule has 5 nitrogen and oxygen atoms in total. The Morgan fingerprint density at radius 2 is 2.00 bits per heavy atom. The molecule has 0 saturated carbocycles. The Kier molecular flexibility index (Phi) is 3.93. The Morgan fingerprint density at radius 1 is 1.18 bits per heavy atom. The second kappa shape index (κ2) is 6.03. The van der Waals surface area contributed by atoms with Crippen LogP contribution < -0.4 is 5.43 Å². The van der Waals surface area contributed by atoms with Gasteiger partial charge in [-0.25, -0.2) is 5.43 Å². The first kappa shape index (κ1) is 14.3. The first-order chi connectivity index (χ1) is 10.6. The van der Waals surface area contributed by atoms with Crippen molar-refractivity contribution in [2.45, 2.75) is 0 Å². The third kappa shape index (κ3) is 2.87. The van der Waals surface area contributed by atoms with E-state index < -0.39 is 5.91 Å². The quantitative estimate of drug-likeness (QED) is 0.554. The van der Waals surface area contributed by atoms with Crippen molar-refractivity contribution in [3.05, 3.63) is 64.5 Å². The minimum absolute atomic E-state index is 0.0949. The van der Waals surface area contributed by atoms with E-state index in [0.29, 0.717) is 10.2 Å². The van der Waals surface area contributed by atoms with Crippen molar-refractivity contribution in [2.75, 3.05) is 0 Å². The molecule has 1 heterocycles. The lowest BCUT2D eigenvalue weighted by Gasteiger charge is -2.04. The minimum atomic E-state index is -0.471. The molecule has 22 heavy (non-hydrogen) atoms. The topological polar surface area (TPSA) is 74.8 Å². The molecule has 0 radical (unpaired) electrons. The lowest BCUT2D eigenvalue weighted by Crippen LogP contribution is -2.16. The van der Waals surface area contributed by atoms with Crippen LogP contribution in [0.1, 0.15) is 16.1 Å². The Hall–Kier alpha value is -2.60. The maximum Gasteiger partial charge on any atom is 0.307 e. The van der Waals surface area contributed by atoms with Gasteiger partial charge in [-0.05, 0) is 44.9 Å². The number of nitrogens with one attached hydrogen (secondary N) is 1. The molecule has 0 atom stereocenters. The molecule has 110 valence electrons. The molecule has 0 aliphatic heterocycles. The molecule has 0 saturated heterocycles. The summed E-state index contributed by atoms with van der Waals surface area (Å²) in [6.07, 6.45) is 1.41. The number of halogens is 1. The van der Waals surface area contributed by atoms with Gasteiger partial charge in [0.2, 0.25) is 0 Å². The van der Waals surface area contributed by atoms with Crippen molar-refractivity contribution in [1.82, 2.24) is 5.43 Å². The molecule has 0 unspecified atom stereocenters. The minimum Gasteiger partial charge on any atom is -0.507 e. The van der Waals surface area contributed by atoms with Crippen LogP contribution >= 0.6 is 15.9 Å².